The summed E-state index contributed by atoms with van der Waals surface area (Å²) in [5.74, 6) is 1.03. The van der Waals surface area contributed by atoms with Crippen molar-refractivity contribution < 1.29 is 9.21 Å². The maximum Gasteiger partial charge on any atom is 0.289 e. The Bertz CT molecular complexity index is 656. The first kappa shape index (κ1) is 14.5. The van der Waals surface area contributed by atoms with Gasteiger partial charge < -0.3 is 9.32 Å². The molecule has 0 spiro atoms. The summed E-state index contributed by atoms with van der Waals surface area (Å²) in [5.41, 5.74) is 1.24. The van der Waals surface area contributed by atoms with Crippen molar-refractivity contribution in [3.63, 3.8) is 0 Å². The molecule has 4 rings (SSSR count). The van der Waals surface area contributed by atoms with E-state index in [0.717, 1.165) is 26.2 Å². The molecule has 2 atom stereocenters. The lowest BCUT2D eigenvalue weighted by Crippen LogP contribution is -2.44. The number of hydrogen-bond acceptors (Lipinski definition) is 4. The number of piperidine rings is 1. The summed E-state index contributed by atoms with van der Waals surface area (Å²) in [5, 5.41) is 0. The van der Waals surface area contributed by atoms with Crippen molar-refractivity contribution in [2.24, 2.45) is 5.92 Å². The van der Waals surface area contributed by atoms with Crippen LogP contribution in [-0.4, -0.2) is 46.4 Å². The molecule has 0 unspecified atom stereocenters. The first-order chi connectivity index (χ1) is 11.3. The van der Waals surface area contributed by atoms with Gasteiger partial charge in [-0.2, -0.15) is 0 Å². The van der Waals surface area contributed by atoms with Gasteiger partial charge in [-0.25, -0.2) is 0 Å². The fraction of sp³-hybridized carbons (Fsp3) is 0.444. The molecule has 2 fully saturated rings. The summed E-state index contributed by atoms with van der Waals surface area (Å²) >= 11 is 0. The summed E-state index contributed by atoms with van der Waals surface area (Å²) in [6.07, 6.45) is 7.71. The first-order valence-corrected chi connectivity index (χ1v) is 8.27. The van der Waals surface area contributed by atoms with Crippen LogP contribution in [0.2, 0.25) is 0 Å². The number of furan rings is 1. The highest BCUT2D eigenvalue weighted by Crippen LogP contribution is 2.32. The Labute approximate surface area is 135 Å². The predicted octanol–water partition coefficient (Wildman–Crippen LogP) is 2.41. The number of carbonyl (C=O) groups excluding carboxylic acids is 1. The zero-order valence-corrected chi connectivity index (χ0v) is 13.1. The number of carbonyl (C=O) groups is 1. The maximum absolute atomic E-state index is 12.5. The van der Waals surface area contributed by atoms with Crippen LogP contribution in [0.1, 0.15) is 29.0 Å². The Balaban J connectivity index is 1.47. The second-order valence-electron chi connectivity index (χ2n) is 6.49. The van der Waals surface area contributed by atoms with Gasteiger partial charge in [0, 0.05) is 38.1 Å². The number of likely N-dealkylation sites (tertiary alicyclic amines) is 2. The van der Waals surface area contributed by atoms with Crippen molar-refractivity contribution >= 4 is 5.91 Å². The van der Waals surface area contributed by atoms with Crippen molar-refractivity contribution in [3.8, 4) is 0 Å². The minimum Gasteiger partial charge on any atom is -0.459 e. The lowest BCUT2D eigenvalue weighted by Gasteiger charge is -2.36. The quantitative estimate of drug-likeness (QED) is 0.873. The van der Waals surface area contributed by atoms with Gasteiger partial charge in [0.25, 0.3) is 5.91 Å². The number of nitrogens with zero attached hydrogens (tertiary/aromatic N) is 3. The molecule has 0 saturated carbocycles. The molecular formula is C18H21N3O2. The fourth-order valence-electron chi connectivity index (χ4n) is 3.92. The van der Waals surface area contributed by atoms with Gasteiger partial charge in [-0.3, -0.25) is 14.7 Å². The van der Waals surface area contributed by atoms with Gasteiger partial charge in [0.05, 0.1) is 6.26 Å². The Morgan fingerprint density at radius 3 is 3.04 bits per heavy atom. The Morgan fingerprint density at radius 2 is 2.26 bits per heavy atom. The number of fused-ring (bicyclic) bond motifs is 1. The van der Waals surface area contributed by atoms with E-state index in [9.17, 15) is 4.79 Å². The fourth-order valence-corrected chi connectivity index (χ4v) is 3.92. The van der Waals surface area contributed by atoms with E-state index in [2.05, 4.69) is 16.0 Å². The summed E-state index contributed by atoms with van der Waals surface area (Å²) < 4.78 is 5.27. The largest absolute Gasteiger partial charge is 0.459 e. The summed E-state index contributed by atoms with van der Waals surface area (Å²) in [6, 6.07) is 8.07. The van der Waals surface area contributed by atoms with Crippen molar-refractivity contribution in [1.82, 2.24) is 14.8 Å². The van der Waals surface area contributed by atoms with E-state index in [-0.39, 0.29) is 5.91 Å². The normalized spacial score (nSPS) is 24.6. The van der Waals surface area contributed by atoms with Gasteiger partial charge in [0.2, 0.25) is 0 Å². The van der Waals surface area contributed by atoms with Crippen molar-refractivity contribution in [2.45, 2.75) is 25.4 Å². The van der Waals surface area contributed by atoms with E-state index < -0.39 is 0 Å². The molecule has 0 aromatic carbocycles. The van der Waals surface area contributed by atoms with Crippen LogP contribution in [0.5, 0.6) is 0 Å². The third-order valence-corrected chi connectivity index (χ3v) is 5.02. The molecule has 4 heterocycles. The molecule has 120 valence electrons. The highest BCUT2D eigenvalue weighted by Gasteiger charge is 2.41. The summed E-state index contributed by atoms with van der Waals surface area (Å²) in [7, 11) is 0. The van der Waals surface area contributed by atoms with E-state index >= 15 is 0 Å². The maximum atomic E-state index is 12.5. The van der Waals surface area contributed by atoms with Gasteiger partial charge in [0.15, 0.2) is 5.76 Å². The molecule has 5 nitrogen and oxygen atoms in total. The van der Waals surface area contributed by atoms with Crippen LogP contribution in [0.15, 0.2) is 47.3 Å². The van der Waals surface area contributed by atoms with Crippen LogP contribution in [-0.2, 0) is 6.54 Å². The second kappa shape index (κ2) is 6.16. The first-order valence-electron chi connectivity index (χ1n) is 8.27. The van der Waals surface area contributed by atoms with Crippen LogP contribution in [0.25, 0.3) is 0 Å². The molecule has 2 saturated heterocycles. The molecular weight excluding hydrogens is 290 g/mol. The van der Waals surface area contributed by atoms with Crippen molar-refractivity contribution in [3.05, 3.63) is 54.2 Å². The molecule has 0 N–H and O–H groups in total. The zero-order chi connectivity index (χ0) is 15.6. The number of aromatic nitrogens is 1. The summed E-state index contributed by atoms with van der Waals surface area (Å²) in [4.78, 5) is 21.2. The number of amides is 1. The van der Waals surface area contributed by atoms with Crippen LogP contribution in [0.3, 0.4) is 0 Å². The molecule has 1 amide bonds. The molecule has 5 heteroatoms. The van der Waals surface area contributed by atoms with E-state index in [0.29, 0.717) is 17.7 Å². The molecule has 2 aliphatic rings. The molecule has 2 aliphatic heterocycles. The smallest absolute Gasteiger partial charge is 0.289 e. The zero-order valence-electron chi connectivity index (χ0n) is 13.1. The van der Waals surface area contributed by atoms with E-state index in [4.69, 9.17) is 4.42 Å². The van der Waals surface area contributed by atoms with Gasteiger partial charge in [-0.1, -0.05) is 6.07 Å². The van der Waals surface area contributed by atoms with Gasteiger partial charge in [-0.15, -0.1) is 0 Å². The van der Waals surface area contributed by atoms with Crippen molar-refractivity contribution in [1.29, 1.82) is 0 Å². The Kier molecular flexibility index (Phi) is 3.87. The van der Waals surface area contributed by atoms with Crippen LogP contribution in [0, 0.1) is 5.92 Å². The second-order valence-corrected chi connectivity index (χ2v) is 6.49. The number of hydrogen-bond donors (Lipinski definition) is 0. The van der Waals surface area contributed by atoms with E-state index in [1.165, 1.54) is 18.4 Å². The third-order valence-electron chi connectivity index (χ3n) is 5.02. The lowest BCUT2D eigenvalue weighted by atomic mass is 9.92. The monoisotopic (exact) mass is 311 g/mol. The molecule has 2 aromatic rings. The Hall–Kier alpha value is -2.14. The van der Waals surface area contributed by atoms with Crippen LogP contribution < -0.4 is 0 Å². The average Bonchev–Trinajstić information content (AvgIpc) is 3.25. The summed E-state index contributed by atoms with van der Waals surface area (Å²) in [6.45, 7) is 3.65. The molecule has 23 heavy (non-hydrogen) atoms. The minimum atomic E-state index is 0.0192. The third kappa shape index (κ3) is 2.88. The number of pyridine rings is 1. The SMILES string of the molecule is O=C(c1ccco1)N1C[C@@H]2CCCN(Cc3cccnc3)[C@@H]2C1. The predicted molar refractivity (Wildman–Crippen MR) is 85.8 cm³/mol. The van der Waals surface area contributed by atoms with Gasteiger partial charge in [0.1, 0.15) is 0 Å². The minimum absolute atomic E-state index is 0.0192. The lowest BCUT2D eigenvalue weighted by molar-refractivity contribution is 0.0743. The average molecular weight is 311 g/mol. The van der Waals surface area contributed by atoms with E-state index in [1.807, 2.05) is 23.4 Å². The van der Waals surface area contributed by atoms with Crippen LogP contribution >= 0.6 is 0 Å². The molecule has 2 aromatic heterocycles. The number of rotatable bonds is 3. The van der Waals surface area contributed by atoms with Crippen molar-refractivity contribution in [2.75, 3.05) is 19.6 Å². The Morgan fingerprint density at radius 1 is 1.30 bits per heavy atom. The van der Waals surface area contributed by atoms with E-state index in [1.54, 1.807) is 18.4 Å². The topological polar surface area (TPSA) is 49.6 Å². The molecule has 0 bridgehead atoms. The highest BCUT2D eigenvalue weighted by molar-refractivity contribution is 5.91. The van der Waals surface area contributed by atoms with Gasteiger partial charge in [-0.05, 0) is 49.1 Å². The standard InChI is InChI=1S/C18H21N3O2/c22-18(17-6-3-9-23-17)21-12-15-5-2-8-20(16(15)13-21)11-14-4-1-7-19-10-14/h1,3-4,6-7,9-10,15-16H,2,5,8,11-13H2/t15-,16+/m0/s1. The van der Waals surface area contributed by atoms with Crippen LogP contribution in [0.4, 0.5) is 0 Å². The molecule has 0 aliphatic carbocycles. The van der Waals surface area contributed by atoms with Gasteiger partial charge >= 0.3 is 0 Å². The highest BCUT2D eigenvalue weighted by atomic mass is 16.3. The molecule has 0 radical (unpaired) electrons.